The van der Waals surface area contributed by atoms with E-state index < -0.39 is 0 Å². The summed E-state index contributed by atoms with van der Waals surface area (Å²) in [5.74, 6) is 1.39. The van der Waals surface area contributed by atoms with Gasteiger partial charge in [-0.15, -0.1) is 0 Å². The zero-order chi connectivity index (χ0) is 18.1. The van der Waals surface area contributed by atoms with Crippen molar-refractivity contribution < 1.29 is 19.0 Å². The van der Waals surface area contributed by atoms with Crippen LogP contribution in [0.2, 0.25) is 0 Å². The van der Waals surface area contributed by atoms with E-state index >= 15 is 0 Å². The highest BCUT2D eigenvalue weighted by Crippen LogP contribution is 2.28. The molecule has 1 atom stereocenters. The molecule has 1 amide bonds. The van der Waals surface area contributed by atoms with Crippen molar-refractivity contribution in [2.45, 2.75) is 19.0 Å². The summed E-state index contributed by atoms with van der Waals surface area (Å²) in [6.45, 7) is 3.97. The minimum Gasteiger partial charge on any atom is -0.493 e. The van der Waals surface area contributed by atoms with Crippen molar-refractivity contribution in [3.63, 3.8) is 0 Å². The van der Waals surface area contributed by atoms with Crippen molar-refractivity contribution in [2.75, 3.05) is 54.1 Å². The Hall–Kier alpha value is -1.83. The molecule has 1 heterocycles. The Morgan fingerprint density at radius 2 is 2.24 bits per heavy atom. The molecule has 1 aromatic carbocycles. The molecule has 1 aromatic rings. The number of morpholine rings is 1. The van der Waals surface area contributed by atoms with Gasteiger partial charge in [-0.1, -0.05) is 6.07 Å². The zero-order valence-corrected chi connectivity index (χ0v) is 15.3. The lowest BCUT2D eigenvalue weighted by Crippen LogP contribution is -2.44. The van der Waals surface area contributed by atoms with Crippen LogP contribution in [0.15, 0.2) is 18.2 Å². The van der Waals surface area contributed by atoms with Crippen molar-refractivity contribution in [1.29, 1.82) is 0 Å². The molecule has 0 saturated carbocycles. The van der Waals surface area contributed by atoms with Crippen LogP contribution in [0.5, 0.6) is 11.5 Å². The fraction of sp³-hybridized carbons (Fsp3) is 0.611. The first-order valence-corrected chi connectivity index (χ1v) is 8.60. The van der Waals surface area contributed by atoms with Crippen LogP contribution in [0.25, 0.3) is 0 Å². The molecule has 1 unspecified atom stereocenters. The minimum absolute atomic E-state index is 0.00766. The summed E-state index contributed by atoms with van der Waals surface area (Å²) in [5.41, 5.74) is 0.970. The Kier molecular flexibility index (Phi) is 7.97. The average Bonchev–Trinajstić information content (AvgIpc) is 2.61. The van der Waals surface area contributed by atoms with Gasteiger partial charge in [-0.25, -0.2) is 0 Å². The number of hydrogen-bond acceptors (Lipinski definition) is 6. The number of methoxy groups -OCH3 is 1. The van der Waals surface area contributed by atoms with Crippen molar-refractivity contribution in [3.05, 3.63) is 23.8 Å². The third-order valence-corrected chi connectivity index (χ3v) is 3.94. The van der Waals surface area contributed by atoms with E-state index in [1.807, 2.05) is 32.3 Å². The van der Waals surface area contributed by atoms with Crippen molar-refractivity contribution in [2.24, 2.45) is 0 Å². The van der Waals surface area contributed by atoms with Crippen LogP contribution >= 0.6 is 0 Å². The van der Waals surface area contributed by atoms with Crippen LogP contribution in [-0.2, 0) is 16.1 Å². The van der Waals surface area contributed by atoms with Gasteiger partial charge in [0, 0.05) is 32.1 Å². The quantitative estimate of drug-likeness (QED) is 0.680. The summed E-state index contributed by atoms with van der Waals surface area (Å²) in [5, 5.41) is 6.21. The molecule has 1 aliphatic heterocycles. The summed E-state index contributed by atoms with van der Waals surface area (Å²) >= 11 is 0. The maximum absolute atomic E-state index is 12.0. The lowest BCUT2D eigenvalue weighted by Gasteiger charge is -2.23. The maximum Gasteiger partial charge on any atom is 0.221 e. The largest absolute Gasteiger partial charge is 0.493 e. The van der Waals surface area contributed by atoms with Crippen molar-refractivity contribution in [1.82, 2.24) is 15.5 Å². The summed E-state index contributed by atoms with van der Waals surface area (Å²) in [7, 11) is 5.62. The standard InChI is InChI=1S/C18H29N3O4/c1-21(2)7-9-25-16-5-4-14(10-17(16)23-3)12-20-18(22)11-15-13-24-8-6-19-15/h4-5,10,15,19H,6-9,11-13H2,1-3H3,(H,20,22). The third kappa shape index (κ3) is 6.89. The summed E-state index contributed by atoms with van der Waals surface area (Å²) in [4.78, 5) is 14.1. The molecular weight excluding hydrogens is 322 g/mol. The fourth-order valence-corrected chi connectivity index (χ4v) is 2.53. The number of ether oxygens (including phenoxy) is 3. The number of rotatable bonds is 9. The molecule has 0 bridgehead atoms. The van der Waals surface area contributed by atoms with Gasteiger partial charge in [0.15, 0.2) is 11.5 Å². The number of carbonyl (C=O) groups is 1. The number of amides is 1. The van der Waals surface area contributed by atoms with E-state index in [4.69, 9.17) is 14.2 Å². The molecule has 0 spiro atoms. The first kappa shape index (κ1) is 19.5. The molecule has 1 saturated heterocycles. The summed E-state index contributed by atoms with van der Waals surface area (Å²) in [6, 6.07) is 5.81. The highest BCUT2D eigenvalue weighted by atomic mass is 16.5. The summed E-state index contributed by atoms with van der Waals surface area (Å²) in [6.07, 6.45) is 0.420. The lowest BCUT2D eigenvalue weighted by molar-refractivity contribution is -0.122. The Labute approximate surface area is 149 Å². The molecule has 7 heteroatoms. The van der Waals surface area contributed by atoms with E-state index in [0.717, 1.165) is 18.7 Å². The first-order valence-electron chi connectivity index (χ1n) is 8.60. The first-order chi connectivity index (χ1) is 12.1. The second kappa shape index (κ2) is 10.2. The molecule has 0 radical (unpaired) electrons. The molecule has 0 aliphatic carbocycles. The Morgan fingerprint density at radius 3 is 2.92 bits per heavy atom. The smallest absolute Gasteiger partial charge is 0.221 e. The van der Waals surface area contributed by atoms with Gasteiger partial charge in [0.05, 0.1) is 20.3 Å². The molecule has 1 fully saturated rings. The van der Waals surface area contributed by atoms with E-state index in [2.05, 4.69) is 15.5 Å². The second-order valence-corrected chi connectivity index (χ2v) is 6.34. The molecule has 2 rings (SSSR count). The van der Waals surface area contributed by atoms with E-state index in [-0.39, 0.29) is 11.9 Å². The van der Waals surface area contributed by atoms with Crippen LogP contribution in [0.1, 0.15) is 12.0 Å². The van der Waals surface area contributed by atoms with Crippen LogP contribution in [0.4, 0.5) is 0 Å². The van der Waals surface area contributed by atoms with Gasteiger partial charge in [0.1, 0.15) is 6.61 Å². The second-order valence-electron chi connectivity index (χ2n) is 6.34. The van der Waals surface area contributed by atoms with E-state index in [9.17, 15) is 4.79 Å². The topological polar surface area (TPSA) is 72.1 Å². The fourth-order valence-electron chi connectivity index (χ4n) is 2.53. The number of hydrogen-bond donors (Lipinski definition) is 2. The molecule has 0 aromatic heterocycles. The number of nitrogens with zero attached hydrogens (tertiary/aromatic N) is 1. The predicted octanol–water partition coefficient (Wildman–Crippen LogP) is 0.630. The van der Waals surface area contributed by atoms with Gasteiger partial charge in [-0.2, -0.15) is 0 Å². The van der Waals surface area contributed by atoms with Crippen molar-refractivity contribution >= 4 is 5.91 Å². The normalized spacial score (nSPS) is 17.4. The number of benzene rings is 1. The Bertz CT molecular complexity index is 545. The highest BCUT2D eigenvalue weighted by molar-refractivity contribution is 5.76. The van der Waals surface area contributed by atoms with Gasteiger partial charge in [0.25, 0.3) is 0 Å². The Balaban J connectivity index is 1.81. The number of carbonyl (C=O) groups excluding carboxylic acids is 1. The van der Waals surface area contributed by atoms with E-state index in [1.54, 1.807) is 7.11 Å². The molecular formula is C18H29N3O4. The maximum atomic E-state index is 12.0. The number of nitrogens with one attached hydrogen (secondary N) is 2. The highest BCUT2D eigenvalue weighted by Gasteiger charge is 2.16. The van der Waals surface area contributed by atoms with E-state index in [1.165, 1.54) is 0 Å². The van der Waals surface area contributed by atoms with Gasteiger partial charge >= 0.3 is 0 Å². The average molecular weight is 351 g/mol. The SMILES string of the molecule is COc1cc(CNC(=O)CC2COCCN2)ccc1OCCN(C)C. The van der Waals surface area contributed by atoms with Crippen LogP contribution in [-0.4, -0.2) is 71.0 Å². The van der Waals surface area contributed by atoms with E-state index in [0.29, 0.717) is 44.3 Å². The van der Waals surface area contributed by atoms with Gasteiger partial charge in [-0.05, 0) is 31.8 Å². The Morgan fingerprint density at radius 1 is 1.40 bits per heavy atom. The molecule has 140 valence electrons. The molecule has 1 aliphatic rings. The zero-order valence-electron chi connectivity index (χ0n) is 15.3. The van der Waals surface area contributed by atoms with Crippen LogP contribution in [0.3, 0.4) is 0 Å². The predicted molar refractivity (Wildman–Crippen MR) is 96.1 cm³/mol. The molecule has 7 nitrogen and oxygen atoms in total. The minimum atomic E-state index is 0.00766. The number of likely N-dealkylation sites (N-methyl/N-ethyl adjacent to an activating group) is 1. The molecule has 2 N–H and O–H groups in total. The van der Waals surface area contributed by atoms with Crippen LogP contribution < -0.4 is 20.1 Å². The van der Waals surface area contributed by atoms with Gasteiger partial charge in [-0.3, -0.25) is 4.79 Å². The summed E-state index contributed by atoms with van der Waals surface area (Å²) < 4.78 is 16.5. The monoisotopic (exact) mass is 351 g/mol. The van der Waals surface area contributed by atoms with Crippen molar-refractivity contribution in [3.8, 4) is 11.5 Å². The lowest BCUT2D eigenvalue weighted by atomic mass is 10.1. The molecule has 25 heavy (non-hydrogen) atoms. The van der Waals surface area contributed by atoms with Gasteiger partial charge in [0.2, 0.25) is 5.91 Å². The van der Waals surface area contributed by atoms with Crippen LogP contribution in [0, 0.1) is 0 Å². The third-order valence-electron chi connectivity index (χ3n) is 3.94. The van der Waals surface area contributed by atoms with Gasteiger partial charge < -0.3 is 29.7 Å².